The van der Waals surface area contributed by atoms with E-state index in [0.717, 1.165) is 17.0 Å². The fourth-order valence-electron chi connectivity index (χ4n) is 1.61. The minimum absolute atomic E-state index is 0.141. The minimum Gasteiger partial charge on any atom is -0.381 e. The maximum atomic E-state index is 13.3. The fourth-order valence-corrected chi connectivity index (χ4v) is 1.61. The van der Waals surface area contributed by atoms with Crippen molar-refractivity contribution >= 4 is 11.4 Å². The molecule has 0 saturated carbocycles. The highest BCUT2D eigenvalue weighted by Crippen LogP contribution is 2.11. The molecule has 20 heavy (non-hydrogen) atoms. The molecule has 1 aromatic carbocycles. The van der Waals surface area contributed by atoms with Gasteiger partial charge in [-0.15, -0.1) is 0 Å². The lowest BCUT2D eigenvalue weighted by Crippen LogP contribution is -2.25. The highest BCUT2D eigenvalue weighted by molar-refractivity contribution is 5.44. The number of anilines is 1. The SMILES string of the molecule is O=c1ncc([N+](=O)[O-])cn1CCNc1ccccc1F. The topological polar surface area (TPSA) is 90.1 Å². The van der Waals surface area contributed by atoms with Gasteiger partial charge in [0.05, 0.1) is 16.8 Å². The first-order valence-corrected chi connectivity index (χ1v) is 5.77. The molecule has 0 amide bonds. The fraction of sp³-hybridized carbons (Fsp3) is 0.167. The Balaban J connectivity index is 2.04. The van der Waals surface area contributed by atoms with E-state index in [1.807, 2.05) is 0 Å². The highest BCUT2D eigenvalue weighted by Gasteiger charge is 2.08. The summed E-state index contributed by atoms with van der Waals surface area (Å²) < 4.78 is 14.4. The normalized spacial score (nSPS) is 10.2. The van der Waals surface area contributed by atoms with Crippen molar-refractivity contribution in [2.75, 3.05) is 11.9 Å². The summed E-state index contributed by atoms with van der Waals surface area (Å²) in [5, 5.41) is 13.4. The van der Waals surface area contributed by atoms with Crippen molar-refractivity contribution in [3.8, 4) is 0 Å². The monoisotopic (exact) mass is 278 g/mol. The molecule has 0 unspecified atom stereocenters. The van der Waals surface area contributed by atoms with Gasteiger partial charge in [0.2, 0.25) is 0 Å². The van der Waals surface area contributed by atoms with Gasteiger partial charge in [0, 0.05) is 13.1 Å². The van der Waals surface area contributed by atoms with E-state index in [-0.39, 0.29) is 18.8 Å². The minimum atomic E-state index is -0.632. The van der Waals surface area contributed by atoms with E-state index in [4.69, 9.17) is 0 Å². The lowest BCUT2D eigenvalue weighted by atomic mass is 10.3. The Bertz CT molecular complexity index is 686. The third-order valence-electron chi connectivity index (χ3n) is 2.59. The van der Waals surface area contributed by atoms with Gasteiger partial charge in [0.15, 0.2) is 0 Å². The third-order valence-corrected chi connectivity index (χ3v) is 2.59. The van der Waals surface area contributed by atoms with Gasteiger partial charge in [-0.1, -0.05) is 12.1 Å². The van der Waals surface area contributed by atoms with Gasteiger partial charge in [-0.2, -0.15) is 4.98 Å². The maximum Gasteiger partial charge on any atom is 0.348 e. The van der Waals surface area contributed by atoms with Crippen molar-refractivity contribution < 1.29 is 9.31 Å². The number of hydrogen-bond donors (Lipinski definition) is 1. The molecule has 0 fully saturated rings. The lowest BCUT2D eigenvalue weighted by molar-refractivity contribution is -0.385. The predicted molar refractivity (Wildman–Crippen MR) is 70.0 cm³/mol. The van der Waals surface area contributed by atoms with Crippen molar-refractivity contribution in [1.29, 1.82) is 0 Å². The van der Waals surface area contributed by atoms with E-state index in [9.17, 15) is 19.3 Å². The predicted octanol–water partition coefficient (Wildman–Crippen LogP) is 1.40. The van der Waals surface area contributed by atoms with Crippen LogP contribution in [0.2, 0.25) is 0 Å². The second kappa shape index (κ2) is 5.91. The average molecular weight is 278 g/mol. The summed E-state index contributed by atoms with van der Waals surface area (Å²) in [7, 11) is 0. The van der Waals surface area contributed by atoms with E-state index >= 15 is 0 Å². The first-order valence-electron chi connectivity index (χ1n) is 5.77. The zero-order valence-electron chi connectivity index (χ0n) is 10.3. The molecule has 0 spiro atoms. The van der Waals surface area contributed by atoms with Crippen molar-refractivity contribution in [3.63, 3.8) is 0 Å². The molecule has 104 valence electrons. The number of nitro groups is 1. The van der Waals surface area contributed by atoms with E-state index in [2.05, 4.69) is 10.3 Å². The standard InChI is InChI=1S/C12H11FN4O3/c13-10-3-1-2-4-11(10)14-5-6-16-8-9(17(19)20)7-15-12(16)18/h1-4,7-8,14H,5-6H2. The molecule has 0 atom stereocenters. The number of nitrogens with one attached hydrogen (secondary N) is 1. The Labute approximate surface area is 112 Å². The molecule has 1 aromatic heterocycles. The smallest absolute Gasteiger partial charge is 0.348 e. The Morgan fingerprint density at radius 1 is 1.40 bits per heavy atom. The van der Waals surface area contributed by atoms with Crippen LogP contribution in [0.3, 0.4) is 0 Å². The average Bonchev–Trinajstić information content (AvgIpc) is 2.42. The largest absolute Gasteiger partial charge is 0.381 e. The van der Waals surface area contributed by atoms with Gasteiger partial charge in [0.1, 0.15) is 12.0 Å². The molecule has 0 saturated heterocycles. The van der Waals surface area contributed by atoms with Gasteiger partial charge in [-0.05, 0) is 12.1 Å². The number of nitrogens with zero attached hydrogens (tertiary/aromatic N) is 3. The molecule has 0 radical (unpaired) electrons. The Hall–Kier alpha value is -2.77. The van der Waals surface area contributed by atoms with Crippen molar-refractivity contribution in [2.45, 2.75) is 6.54 Å². The van der Waals surface area contributed by atoms with Gasteiger partial charge >= 0.3 is 11.4 Å². The summed E-state index contributed by atoms with van der Waals surface area (Å²) in [5.41, 5.74) is -0.555. The molecular weight excluding hydrogens is 267 g/mol. The van der Waals surface area contributed by atoms with Gasteiger partial charge in [0.25, 0.3) is 0 Å². The number of rotatable bonds is 5. The maximum absolute atomic E-state index is 13.3. The van der Waals surface area contributed by atoms with Crippen molar-refractivity contribution in [3.05, 3.63) is 63.1 Å². The van der Waals surface area contributed by atoms with Crippen LogP contribution in [-0.4, -0.2) is 21.0 Å². The van der Waals surface area contributed by atoms with Crippen LogP contribution >= 0.6 is 0 Å². The van der Waals surface area contributed by atoms with E-state index in [1.54, 1.807) is 18.2 Å². The molecule has 0 aliphatic carbocycles. The first-order chi connectivity index (χ1) is 9.58. The summed E-state index contributed by atoms with van der Waals surface area (Å²) in [6, 6.07) is 6.11. The molecule has 7 nitrogen and oxygen atoms in total. The van der Waals surface area contributed by atoms with Crippen LogP contribution in [0, 0.1) is 15.9 Å². The number of benzene rings is 1. The van der Waals surface area contributed by atoms with Crippen LogP contribution in [0.1, 0.15) is 0 Å². The van der Waals surface area contributed by atoms with E-state index in [0.29, 0.717) is 5.69 Å². The quantitative estimate of drug-likeness (QED) is 0.659. The Kier molecular flexibility index (Phi) is 4.04. The van der Waals surface area contributed by atoms with Crippen LogP contribution in [-0.2, 0) is 6.54 Å². The summed E-state index contributed by atoms with van der Waals surface area (Å²) in [6.07, 6.45) is 2.02. The summed E-state index contributed by atoms with van der Waals surface area (Å²) in [6.45, 7) is 0.380. The van der Waals surface area contributed by atoms with Crippen molar-refractivity contribution in [1.82, 2.24) is 9.55 Å². The van der Waals surface area contributed by atoms with Crippen LogP contribution < -0.4 is 11.0 Å². The number of aromatic nitrogens is 2. The van der Waals surface area contributed by atoms with E-state index in [1.165, 1.54) is 6.07 Å². The Morgan fingerprint density at radius 2 is 2.15 bits per heavy atom. The van der Waals surface area contributed by atoms with Crippen LogP contribution in [0.15, 0.2) is 41.5 Å². The van der Waals surface area contributed by atoms with Crippen LogP contribution in [0.4, 0.5) is 15.8 Å². The second-order valence-corrected chi connectivity index (χ2v) is 3.95. The number of halogens is 1. The molecule has 0 bridgehead atoms. The summed E-state index contributed by atoms with van der Waals surface area (Å²) >= 11 is 0. The summed E-state index contributed by atoms with van der Waals surface area (Å²) in [5.74, 6) is -0.406. The molecule has 1 N–H and O–H groups in total. The van der Waals surface area contributed by atoms with Crippen molar-refractivity contribution in [2.24, 2.45) is 0 Å². The molecule has 0 aliphatic heterocycles. The highest BCUT2D eigenvalue weighted by atomic mass is 19.1. The van der Waals surface area contributed by atoms with E-state index < -0.39 is 16.4 Å². The van der Waals surface area contributed by atoms with Gasteiger partial charge in [-0.3, -0.25) is 14.7 Å². The number of hydrogen-bond acceptors (Lipinski definition) is 5. The molecule has 2 rings (SSSR count). The zero-order valence-corrected chi connectivity index (χ0v) is 10.3. The molecule has 0 aliphatic rings. The first kappa shape index (κ1) is 13.7. The van der Waals surface area contributed by atoms with Crippen LogP contribution in [0.25, 0.3) is 0 Å². The molecule has 2 aromatic rings. The van der Waals surface area contributed by atoms with Crippen LogP contribution in [0.5, 0.6) is 0 Å². The molecule has 8 heteroatoms. The summed E-state index contributed by atoms with van der Waals surface area (Å²) in [4.78, 5) is 24.8. The van der Waals surface area contributed by atoms with Gasteiger partial charge in [-0.25, -0.2) is 9.18 Å². The molecular formula is C12H11FN4O3. The lowest BCUT2D eigenvalue weighted by Gasteiger charge is -2.08. The zero-order chi connectivity index (χ0) is 14.5. The third kappa shape index (κ3) is 3.16. The second-order valence-electron chi connectivity index (χ2n) is 3.95. The Morgan fingerprint density at radius 3 is 2.85 bits per heavy atom. The molecule has 1 heterocycles. The number of para-hydroxylation sites is 1. The van der Waals surface area contributed by atoms with Gasteiger partial charge < -0.3 is 5.32 Å².